The second-order valence-corrected chi connectivity index (χ2v) is 7.30. The van der Waals surface area contributed by atoms with E-state index < -0.39 is 6.04 Å². The molecule has 1 fully saturated rings. The van der Waals surface area contributed by atoms with Crippen LogP contribution in [0, 0.1) is 0 Å². The van der Waals surface area contributed by atoms with Crippen LogP contribution in [0.3, 0.4) is 0 Å². The Morgan fingerprint density at radius 1 is 1.24 bits per heavy atom. The number of carbonyl (C=O) groups excluding carboxylic acids is 3. The predicted octanol–water partition coefficient (Wildman–Crippen LogP) is 2.55. The lowest BCUT2D eigenvalue weighted by Gasteiger charge is -2.22. The number of halogens is 1. The SMILES string of the molecule is COc1cccc(NC(=O)CN(C)[C@H]2CC(=O)N(Cc3ccc(Cl)cc3)C2=O)c1. The van der Waals surface area contributed by atoms with E-state index in [1.165, 1.54) is 4.90 Å². The Balaban J connectivity index is 1.59. The van der Waals surface area contributed by atoms with E-state index in [2.05, 4.69) is 5.32 Å². The van der Waals surface area contributed by atoms with Crippen molar-refractivity contribution in [2.75, 3.05) is 26.0 Å². The summed E-state index contributed by atoms with van der Waals surface area (Å²) >= 11 is 5.87. The molecule has 0 unspecified atom stereocenters. The van der Waals surface area contributed by atoms with E-state index in [-0.39, 0.29) is 37.2 Å². The number of rotatable bonds is 7. The first-order valence-electron chi connectivity index (χ1n) is 9.10. The van der Waals surface area contributed by atoms with Gasteiger partial charge in [-0.05, 0) is 36.9 Å². The number of likely N-dealkylation sites (N-methyl/N-ethyl adjacent to an activating group) is 1. The summed E-state index contributed by atoms with van der Waals surface area (Å²) in [6, 6.07) is 13.3. The van der Waals surface area contributed by atoms with Gasteiger partial charge in [0.15, 0.2) is 0 Å². The molecular weight excluding hydrogens is 394 g/mol. The molecule has 1 N–H and O–H groups in total. The van der Waals surface area contributed by atoms with Gasteiger partial charge >= 0.3 is 0 Å². The van der Waals surface area contributed by atoms with Gasteiger partial charge < -0.3 is 10.1 Å². The van der Waals surface area contributed by atoms with Crippen molar-refractivity contribution in [1.82, 2.24) is 9.80 Å². The van der Waals surface area contributed by atoms with Crippen LogP contribution in [-0.2, 0) is 20.9 Å². The van der Waals surface area contributed by atoms with E-state index in [0.29, 0.717) is 16.5 Å². The number of ether oxygens (including phenoxy) is 1. The van der Waals surface area contributed by atoms with Crippen LogP contribution in [0.1, 0.15) is 12.0 Å². The van der Waals surface area contributed by atoms with Crippen molar-refractivity contribution in [3.05, 3.63) is 59.1 Å². The van der Waals surface area contributed by atoms with Crippen molar-refractivity contribution < 1.29 is 19.1 Å². The van der Waals surface area contributed by atoms with E-state index in [1.807, 2.05) is 0 Å². The van der Waals surface area contributed by atoms with Gasteiger partial charge in [-0.1, -0.05) is 29.8 Å². The maximum Gasteiger partial charge on any atom is 0.247 e. The average molecular weight is 416 g/mol. The third-order valence-electron chi connectivity index (χ3n) is 4.75. The van der Waals surface area contributed by atoms with Crippen molar-refractivity contribution in [2.45, 2.75) is 19.0 Å². The van der Waals surface area contributed by atoms with Crippen molar-refractivity contribution in [3.63, 3.8) is 0 Å². The van der Waals surface area contributed by atoms with Crippen LogP contribution in [0.2, 0.25) is 5.02 Å². The maximum atomic E-state index is 12.7. The normalized spacial score (nSPS) is 16.4. The van der Waals surface area contributed by atoms with Gasteiger partial charge in [0.1, 0.15) is 5.75 Å². The summed E-state index contributed by atoms with van der Waals surface area (Å²) in [7, 11) is 3.21. The Hall–Kier alpha value is -2.90. The van der Waals surface area contributed by atoms with E-state index in [9.17, 15) is 14.4 Å². The quantitative estimate of drug-likeness (QED) is 0.703. The number of nitrogens with zero attached hydrogens (tertiary/aromatic N) is 2. The smallest absolute Gasteiger partial charge is 0.247 e. The van der Waals surface area contributed by atoms with Gasteiger partial charge in [0, 0.05) is 16.8 Å². The monoisotopic (exact) mass is 415 g/mol. The van der Waals surface area contributed by atoms with Gasteiger partial charge in [-0.25, -0.2) is 0 Å². The molecule has 3 rings (SSSR count). The molecule has 1 atom stereocenters. The van der Waals surface area contributed by atoms with Crippen molar-refractivity contribution in [3.8, 4) is 5.75 Å². The molecule has 0 spiro atoms. The number of hydrogen-bond donors (Lipinski definition) is 1. The zero-order chi connectivity index (χ0) is 21.0. The molecule has 29 heavy (non-hydrogen) atoms. The fourth-order valence-corrected chi connectivity index (χ4v) is 3.31. The van der Waals surface area contributed by atoms with Gasteiger partial charge in [0.2, 0.25) is 17.7 Å². The first kappa shape index (κ1) is 20.8. The standard InChI is InChI=1S/C21H22ClN3O4/c1-24(13-19(26)23-16-4-3-5-17(10-16)29-2)18-11-20(27)25(21(18)28)12-14-6-8-15(22)9-7-14/h3-10,18H,11-13H2,1-2H3,(H,23,26)/t18-/m0/s1. The number of nitrogens with one attached hydrogen (secondary N) is 1. The Bertz CT molecular complexity index is 916. The second-order valence-electron chi connectivity index (χ2n) is 6.86. The second kappa shape index (κ2) is 9.07. The van der Waals surface area contributed by atoms with Gasteiger partial charge in [0.05, 0.1) is 32.7 Å². The molecule has 2 aromatic rings. The lowest BCUT2D eigenvalue weighted by Crippen LogP contribution is -2.43. The number of hydrogen-bond acceptors (Lipinski definition) is 5. The van der Waals surface area contributed by atoms with Crippen LogP contribution in [0.25, 0.3) is 0 Å². The number of methoxy groups -OCH3 is 1. The molecule has 3 amide bonds. The molecular formula is C21H22ClN3O4. The molecule has 0 aromatic heterocycles. The largest absolute Gasteiger partial charge is 0.497 e. The lowest BCUT2D eigenvalue weighted by atomic mass is 10.2. The number of likely N-dealkylation sites (tertiary alicyclic amines) is 1. The minimum absolute atomic E-state index is 0.0182. The first-order chi connectivity index (χ1) is 13.9. The minimum Gasteiger partial charge on any atom is -0.497 e. The van der Waals surface area contributed by atoms with Crippen LogP contribution >= 0.6 is 11.6 Å². The summed E-state index contributed by atoms with van der Waals surface area (Å²) in [4.78, 5) is 40.3. The molecule has 1 aliphatic rings. The highest BCUT2D eigenvalue weighted by atomic mass is 35.5. The summed E-state index contributed by atoms with van der Waals surface area (Å²) in [6.07, 6.45) is 0.0510. The van der Waals surface area contributed by atoms with Crippen LogP contribution in [0.15, 0.2) is 48.5 Å². The fourth-order valence-electron chi connectivity index (χ4n) is 3.19. The van der Waals surface area contributed by atoms with Gasteiger partial charge in [-0.3, -0.25) is 24.2 Å². The molecule has 8 heteroatoms. The van der Waals surface area contributed by atoms with Crippen LogP contribution in [0.5, 0.6) is 5.75 Å². The molecule has 0 bridgehead atoms. The Labute approximate surface area is 174 Å². The lowest BCUT2D eigenvalue weighted by molar-refractivity contribution is -0.140. The summed E-state index contributed by atoms with van der Waals surface area (Å²) in [5.74, 6) is -0.209. The van der Waals surface area contributed by atoms with Crippen molar-refractivity contribution >= 4 is 35.0 Å². The molecule has 7 nitrogen and oxygen atoms in total. The van der Waals surface area contributed by atoms with Gasteiger partial charge in [-0.15, -0.1) is 0 Å². The zero-order valence-corrected chi connectivity index (χ0v) is 17.0. The Morgan fingerprint density at radius 3 is 2.66 bits per heavy atom. The number of benzene rings is 2. The summed E-state index contributed by atoms with van der Waals surface area (Å²) in [6.45, 7) is 0.171. The molecule has 1 aliphatic heterocycles. The zero-order valence-electron chi connectivity index (χ0n) is 16.2. The number of imide groups is 1. The highest BCUT2D eigenvalue weighted by Gasteiger charge is 2.41. The van der Waals surface area contributed by atoms with Gasteiger partial charge in [-0.2, -0.15) is 0 Å². The summed E-state index contributed by atoms with van der Waals surface area (Å²) in [5, 5.41) is 3.36. The Kier molecular flexibility index (Phi) is 6.51. The van der Waals surface area contributed by atoms with E-state index in [4.69, 9.17) is 16.3 Å². The maximum absolute atomic E-state index is 12.7. The predicted molar refractivity (Wildman–Crippen MR) is 110 cm³/mol. The first-order valence-corrected chi connectivity index (χ1v) is 9.48. The van der Waals surface area contributed by atoms with E-state index >= 15 is 0 Å². The number of anilines is 1. The summed E-state index contributed by atoms with van der Waals surface area (Å²) in [5.41, 5.74) is 1.41. The number of carbonyl (C=O) groups is 3. The van der Waals surface area contributed by atoms with Crippen LogP contribution in [-0.4, -0.2) is 54.3 Å². The average Bonchev–Trinajstić information content (AvgIpc) is 2.98. The van der Waals surface area contributed by atoms with Crippen LogP contribution < -0.4 is 10.1 Å². The highest BCUT2D eigenvalue weighted by Crippen LogP contribution is 2.22. The number of amides is 3. The topological polar surface area (TPSA) is 79.0 Å². The van der Waals surface area contributed by atoms with Gasteiger partial charge in [0.25, 0.3) is 0 Å². The Morgan fingerprint density at radius 2 is 1.97 bits per heavy atom. The molecule has 1 heterocycles. The molecule has 2 aromatic carbocycles. The molecule has 152 valence electrons. The van der Waals surface area contributed by atoms with E-state index in [1.54, 1.807) is 67.6 Å². The van der Waals surface area contributed by atoms with Crippen molar-refractivity contribution in [1.29, 1.82) is 0 Å². The van der Waals surface area contributed by atoms with Crippen molar-refractivity contribution in [2.24, 2.45) is 0 Å². The third-order valence-corrected chi connectivity index (χ3v) is 5.00. The third kappa shape index (κ3) is 5.13. The molecule has 0 radical (unpaired) electrons. The minimum atomic E-state index is -0.661. The van der Waals surface area contributed by atoms with Crippen LogP contribution in [0.4, 0.5) is 5.69 Å². The fraction of sp³-hybridized carbons (Fsp3) is 0.286. The molecule has 0 saturated carbocycles. The molecule has 0 aliphatic carbocycles. The molecule has 1 saturated heterocycles. The highest BCUT2D eigenvalue weighted by molar-refractivity contribution is 6.30. The summed E-state index contributed by atoms with van der Waals surface area (Å²) < 4.78 is 5.14. The van der Waals surface area contributed by atoms with E-state index in [0.717, 1.165) is 5.56 Å².